The highest BCUT2D eigenvalue weighted by Gasteiger charge is 2.18. The maximum atomic E-state index is 5.94. The van der Waals surface area contributed by atoms with E-state index in [9.17, 15) is 0 Å². The topological polar surface area (TPSA) is 61.3 Å². The molecule has 0 fully saturated rings. The molecule has 0 bridgehead atoms. The summed E-state index contributed by atoms with van der Waals surface area (Å²) in [6.45, 7) is 5.35. The molecule has 0 radical (unpaired) electrons. The van der Waals surface area contributed by atoms with Crippen molar-refractivity contribution in [3.8, 4) is 5.75 Å². The van der Waals surface area contributed by atoms with Gasteiger partial charge in [-0.15, -0.1) is 0 Å². The van der Waals surface area contributed by atoms with E-state index >= 15 is 0 Å². The predicted molar refractivity (Wildman–Crippen MR) is 67.7 cm³/mol. The Hall–Kier alpha value is -1.06. The zero-order chi connectivity index (χ0) is 12.0. The zero-order valence-corrected chi connectivity index (χ0v) is 10.1. The largest absolute Gasteiger partial charge is 0.493 e. The lowest BCUT2D eigenvalue weighted by atomic mass is 9.92. The van der Waals surface area contributed by atoms with E-state index < -0.39 is 0 Å². The van der Waals surface area contributed by atoms with Crippen molar-refractivity contribution in [2.45, 2.75) is 32.2 Å². The summed E-state index contributed by atoms with van der Waals surface area (Å²) in [5.41, 5.74) is 12.8. The molecular formula is C13H22N2O. The Kier molecular flexibility index (Phi) is 5.29. The average Bonchev–Trinajstić information content (AvgIpc) is 2.28. The first kappa shape index (κ1) is 13.0. The van der Waals surface area contributed by atoms with Crippen LogP contribution < -0.4 is 16.2 Å². The van der Waals surface area contributed by atoms with E-state index in [-0.39, 0.29) is 12.0 Å². The van der Waals surface area contributed by atoms with Crippen molar-refractivity contribution in [2.24, 2.45) is 11.5 Å². The predicted octanol–water partition coefficient (Wildman–Crippen LogP) is 1.86. The molecule has 4 N–H and O–H groups in total. The number of rotatable bonds is 6. The molecule has 0 aliphatic rings. The van der Waals surface area contributed by atoms with E-state index in [2.05, 4.69) is 6.92 Å². The molecule has 0 saturated heterocycles. The molecule has 16 heavy (non-hydrogen) atoms. The summed E-state index contributed by atoms with van der Waals surface area (Å²) in [7, 11) is 0. The van der Waals surface area contributed by atoms with Crippen LogP contribution in [-0.4, -0.2) is 19.2 Å². The molecule has 0 saturated carbocycles. The molecule has 3 heteroatoms. The van der Waals surface area contributed by atoms with E-state index in [4.69, 9.17) is 16.2 Å². The number of hydrogen-bond acceptors (Lipinski definition) is 3. The summed E-state index contributed by atoms with van der Waals surface area (Å²) in [5, 5.41) is 0. The highest BCUT2D eigenvalue weighted by atomic mass is 16.5. The van der Waals surface area contributed by atoms with E-state index in [0.29, 0.717) is 6.54 Å². The highest BCUT2D eigenvalue weighted by molar-refractivity contribution is 5.37. The number of hydrogen-bond donors (Lipinski definition) is 2. The van der Waals surface area contributed by atoms with Gasteiger partial charge in [-0.05, 0) is 25.0 Å². The third kappa shape index (κ3) is 3.22. The van der Waals surface area contributed by atoms with Gasteiger partial charge in [-0.1, -0.05) is 25.1 Å². The summed E-state index contributed by atoms with van der Waals surface area (Å²) >= 11 is 0. The first-order valence-corrected chi connectivity index (χ1v) is 5.88. The molecule has 1 aromatic carbocycles. The fraction of sp³-hybridized carbons (Fsp3) is 0.538. The Morgan fingerprint density at radius 1 is 1.31 bits per heavy atom. The van der Waals surface area contributed by atoms with Gasteiger partial charge >= 0.3 is 0 Å². The number of para-hydroxylation sites is 1. The molecule has 1 aromatic rings. The summed E-state index contributed by atoms with van der Waals surface area (Å²) in [6, 6.07) is 8.04. The minimum atomic E-state index is 0.0383. The van der Waals surface area contributed by atoms with Crippen LogP contribution in [0.4, 0.5) is 0 Å². The van der Waals surface area contributed by atoms with Gasteiger partial charge in [0.15, 0.2) is 0 Å². The Morgan fingerprint density at radius 3 is 2.56 bits per heavy atom. The third-order valence-corrected chi connectivity index (χ3v) is 2.67. The lowest BCUT2D eigenvalue weighted by molar-refractivity contribution is 0.311. The first-order chi connectivity index (χ1) is 7.70. The second kappa shape index (κ2) is 6.51. The molecule has 2 atom stereocenters. The molecule has 0 aliphatic carbocycles. The molecule has 2 unspecified atom stereocenters. The SMILES string of the molecule is CCCOc1ccccc1C(CN)C(C)N. The molecule has 90 valence electrons. The van der Waals surface area contributed by atoms with Gasteiger partial charge in [0.1, 0.15) is 5.75 Å². The molecule has 0 aliphatic heterocycles. The van der Waals surface area contributed by atoms with Crippen molar-refractivity contribution in [2.75, 3.05) is 13.2 Å². The number of benzene rings is 1. The van der Waals surface area contributed by atoms with Crippen LogP contribution in [0.15, 0.2) is 24.3 Å². The third-order valence-electron chi connectivity index (χ3n) is 2.67. The van der Waals surface area contributed by atoms with Crippen LogP contribution in [0.3, 0.4) is 0 Å². The Morgan fingerprint density at radius 2 is 2.00 bits per heavy atom. The smallest absolute Gasteiger partial charge is 0.122 e. The Balaban J connectivity index is 2.91. The van der Waals surface area contributed by atoms with Crippen molar-refractivity contribution >= 4 is 0 Å². The zero-order valence-electron chi connectivity index (χ0n) is 10.1. The summed E-state index contributed by atoms with van der Waals surface area (Å²) in [5.74, 6) is 1.07. The van der Waals surface area contributed by atoms with E-state index in [1.807, 2.05) is 31.2 Å². The van der Waals surface area contributed by atoms with Crippen molar-refractivity contribution in [3.63, 3.8) is 0 Å². The molecule has 0 amide bonds. The number of nitrogens with two attached hydrogens (primary N) is 2. The van der Waals surface area contributed by atoms with Gasteiger partial charge in [0, 0.05) is 18.5 Å². The standard InChI is InChI=1S/C13H22N2O/c1-3-8-16-13-7-5-4-6-11(13)12(9-14)10(2)15/h4-7,10,12H,3,8-9,14-15H2,1-2H3. The van der Waals surface area contributed by atoms with Gasteiger partial charge in [-0.25, -0.2) is 0 Å². The Bertz CT molecular complexity index is 313. The van der Waals surface area contributed by atoms with Crippen molar-refractivity contribution in [1.82, 2.24) is 0 Å². The van der Waals surface area contributed by atoms with E-state index in [1.165, 1.54) is 0 Å². The molecule has 1 rings (SSSR count). The van der Waals surface area contributed by atoms with Crippen LogP contribution in [0.5, 0.6) is 5.75 Å². The summed E-state index contributed by atoms with van der Waals surface area (Å²) in [4.78, 5) is 0. The van der Waals surface area contributed by atoms with Crippen LogP contribution in [0.1, 0.15) is 31.7 Å². The second-order valence-corrected chi connectivity index (χ2v) is 4.09. The fourth-order valence-corrected chi connectivity index (χ4v) is 1.76. The van der Waals surface area contributed by atoms with Crippen molar-refractivity contribution in [1.29, 1.82) is 0 Å². The normalized spacial score (nSPS) is 14.5. The summed E-state index contributed by atoms with van der Waals surface area (Å²) in [6.07, 6.45) is 1.000. The van der Waals surface area contributed by atoms with Crippen molar-refractivity contribution in [3.05, 3.63) is 29.8 Å². The van der Waals surface area contributed by atoms with Gasteiger partial charge in [0.25, 0.3) is 0 Å². The lowest BCUT2D eigenvalue weighted by Crippen LogP contribution is -2.30. The van der Waals surface area contributed by atoms with Gasteiger partial charge in [-0.2, -0.15) is 0 Å². The molecular weight excluding hydrogens is 200 g/mol. The quantitative estimate of drug-likeness (QED) is 0.772. The maximum Gasteiger partial charge on any atom is 0.122 e. The van der Waals surface area contributed by atoms with Crippen LogP contribution in [0.2, 0.25) is 0 Å². The van der Waals surface area contributed by atoms with Gasteiger partial charge in [0.05, 0.1) is 6.61 Å². The van der Waals surface area contributed by atoms with E-state index in [1.54, 1.807) is 0 Å². The van der Waals surface area contributed by atoms with Gasteiger partial charge < -0.3 is 16.2 Å². The monoisotopic (exact) mass is 222 g/mol. The van der Waals surface area contributed by atoms with Crippen LogP contribution >= 0.6 is 0 Å². The van der Waals surface area contributed by atoms with Crippen LogP contribution in [0.25, 0.3) is 0 Å². The van der Waals surface area contributed by atoms with Crippen LogP contribution in [-0.2, 0) is 0 Å². The Labute approximate surface area is 97.8 Å². The molecule has 0 spiro atoms. The van der Waals surface area contributed by atoms with E-state index in [0.717, 1.165) is 24.3 Å². The van der Waals surface area contributed by atoms with Crippen molar-refractivity contribution < 1.29 is 4.74 Å². The molecule has 0 aromatic heterocycles. The summed E-state index contributed by atoms with van der Waals surface area (Å²) < 4.78 is 5.71. The maximum absolute atomic E-state index is 5.94. The van der Waals surface area contributed by atoms with Crippen LogP contribution in [0, 0.1) is 0 Å². The van der Waals surface area contributed by atoms with Gasteiger partial charge in [0.2, 0.25) is 0 Å². The molecule has 3 nitrogen and oxygen atoms in total. The molecule has 0 heterocycles. The average molecular weight is 222 g/mol. The van der Waals surface area contributed by atoms with Gasteiger partial charge in [-0.3, -0.25) is 0 Å². The second-order valence-electron chi connectivity index (χ2n) is 4.09. The lowest BCUT2D eigenvalue weighted by Gasteiger charge is -2.22. The minimum absolute atomic E-state index is 0.0383. The number of ether oxygens (including phenoxy) is 1. The minimum Gasteiger partial charge on any atom is -0.493 e. The fourth-order valence-electron chi connectivity index (χ4n) is 1.76. The highest BCUT2D eigenvalue weighted by Crippen LogP contribution is 2.27. The first-order valence-electron chi connectivity index (χ1n) is 5.88.